The van der Waals surface area contributed by atoms with E-state index in [4.69, 9.17) is 0 Å². The summed E-state index contributed by atoms with van der Waals surface area (Å²) in [5.74, 6) is -0.124. The van der Waals surface area contributed by atoms with Crippen LogP contribution in [0, 0.1) is 0 Å². The van der Waals surface area contributed by atoms with E-state index in [0.717, 1.165) is 25.9 Å². The Balaban J connectivity index is 1.68. The Kier molecular flexibility index (Phi) is 5.10. The summed E-state index contributed by atoms with van der Waals surface area (Å²) in [6.07, 6.45) is 2.10. The molecule has 0 spiro atoms. The second kappa shape index (κ2) is 7.44. The van der Waals surface area contributed by atoms with Gasteiger partial charge in [-0.1, -0.05) is 43.7 Å². The van der Waals surface area contributed by atoms with Crippen molar-refractivity contribution in [1.82, 2.24) is 25.0 Å². The monoisotopic (exact) mass is 329 g/mol. The Morgan fingerprint density at radius 3 is 2.75 bits per heavy atom. The molecule has 1 aliphatic heterocycles. The Hall–Kier alpha value is -2.41. The van der Waals surface area contributed by atoms with E-state index in [0.29, 0.717) is 19.1 Å². The van der Waals surface area contributed by atoms with Gasteiger partial charge >= 0.3 is 5.69 Å². The molecule has 7 nitrogen and oxygen atoms in total. The van der Waals surface area contributed by atoms with Crippen LogP contribution in [-0.4, -0.2) is 56.6 Å². The molecule has 2 aromatic rings. The molecule has 0 saturated carbocycles. The summed E-state index contributed by atoms with van der Waals surface area (Å²) >= 11 is 0. The lowest BCUT2D eigenvalue weighted by molar-refractivity contribution is 0.0428. The van der Waals surface area contributed by atoms with Gasteiger partial charge in [-0.3, -0.25) is 14.7 Å². The highest BCUT2D eigenvalue weighted by Gasteiger charge is 2.30. The number of benzene rings is 1. The van der Waals surface area contributed by atoms with Crippen LogP contribution < -0.4 is 5.69 Å². The highest BCUT2D eigenvalue weighted by Crippen LogP contribution is 2.18. The molecule has 0 bridgehead atoms. The van der Waals surface area contributed by atoms with Gasteiger partial charge in [0.1, 0.15) is 0 Å². The Morgan fingerprint density at radius 2 is 2.08 bits per heavy atom. The van der Waals surface area contributed by atoms with Crippen molar-refractivity contribution < 1.29 is 4.79 Å². The number of aromatic nitrogens is 3. The molecule has 2 heterocycles. The number of piperazine rings is 1. The van der Waals surface area contributed by atoms with Crippen molar-refractivity contribution in [2.24, 2.45) is 0 Å². The molecule has 3 rings (SSSR count). The fourth-order valence-corrected chi connectivity index (χ4v) is 3.23. The summed E-state index contributed by atoms with van der Waals surface area (Å²) in [4.78, 5) is 30.3. The number of hydrogen-bond donors (Lipinski definition) is 2. The van der Waals surface area contributed by atoms with E-state index in [-0.39, 0.29) is 11.7 Å². The van der Waals surface area contributed by atoms with E-state index < -0.39 is 5.69 Å². The van der Waals surface area contributed by atoms with Crippen LogP contribution in [0.2, 0.25) is 0 Å². The van der Waals surface area contributed by atoms with Crippen LogP contribution in [0.4, 0.5) is 0 Å². The van der Waals surface area contributed by atoms with Gasteiger partial charge in [-0.05, 0) is 12.0 Å². The molecule has 7 heteroatoms. The lowest BCUT2D eigenvalue weighted by Gasteiger charge is -2.41. The van der Waals surface area contributed by atoms with Crippen LogP contribution in [0.1, 0.15) is 35.9 Å². The maximum Gasteiger partial charge on any atom is 0.341 e. The Morgan fingerprint density at radius 1 is 1.29 bits per heavy atom. The van der Waals surface area contributed by atoms with Crippen LogP contribution in [0.3, 0.4) is 0 Å². The average Bonchev–Trinajstić information content (AvgIpc) is 3.03. The molecular formula is C17H23N5O2. The molecule has 128 valence electrons. The topological polar surface area (TPSA) is 85.1 Å². The molecule has 0 radical (unpaired) electrons. The molecule has 1 aliphatic rings. The van der Waals surface area contributed by atoms with E-state index in [2.05, 4.69) is 51.3 Å². The second-order valence-electron chi connectivity index (χ2n) is 6.18. The third-order valence-corrected chi connectivity index (χ3v) is 4.45. The van der Waals surface area contributed by atoms with Crippen LogP contribution in [0.25, 0.3) is 0 Å². The summed E-state index contributed by atoms with van der Waals surface area (Å²) in [6.45, 7) is 5.18. The van der Waals surface area contributed by atoms with Gasteiger partial charge in [0.25, 0.3) is 5.91 Å². The summed E-state index contributed by atoms with van der Waals surface area (Å²) in [6, 6.07) is 10.7. The number of hydrogen-bond acceptors (Lipinski definition) is 4. The first-order valence-electron chi connectivity index (χ1n) is 8.39. The third-order valence-electron chi connectivity index (χ3n) is 4.45. The van der Waals surface area contributed by atoms with E-state index in [1.165, 1.54) is 5.56 Å². The van der Waals surface area contributed by atoms with Gasteiger partial charge < -0.3 is 4.90 Å². The zero-order valence-corrected chi connectivity index (χ0v) is 13.9. The fraction of sp³-hybridized carbons (Fsp3) is 0.471. The van der Waals surface area contributed by atoms with Crippen LogP contribution in [0.5, 0.6) is 0 Å². The number of rotatable bonds is 5. The van der Waals surface area contributed by atoms with E-state index in [9.17, 15) is 9.59 Å². The van der Waals surface area contributed by atoms with Crippen LogP contribution >= 0.6 is 0 Å². The number of aromatic amines is 2. The number of nitrogens with zero attached hydrogens (tertiary/aromatic N) is 3. The first kappa shape index (κ1) is 16.4. The normalized spacial score (nSPS) is 18.7. The van der Waals surface area contributed by atoms with Gasteiger partial charge in [0.05, 0.1) is 0 Å². The summed E-state index contributed by atoms with van der Waals surface area (Å²) in [5, 5.41) is 6.00. The molecular weight excluding hydrogens is 306 g/mol. The molecule has 0 unspecified atom stereocenters. The maximum atomic E-state index is 12.5. The fourth-order valence-electron chi connectivity index (χ4n) is 3.23. The predicted molar refractivity (Wildman–Crippen MR) is 90.7 cm³/mol. The standard InChI is InChI=1S/C17H23N5O2/c1-2-6-14-12-22(16(23)15-18-17(24)20-19-15)10-9-21(14)11-13-7-4-3-5-8-13/h3-5,7-8,14H,2,6,9-12H2,1H3,(H2,18,19,20,24)/t14-/m0/s1. The van der Waals surface area contributed by atoms with Crippen LogP contribution in [-0.2, 0) is 6.54 Å². The molecule has 1 saturated heterocycles. The highest BCUT2D eigenvalue weighted by atomic mass is 16.2. The van der Waals surface area contributed by atoms with Crippen molar-refractivity contribution in [3.05, 3.63) is 52.2 Å². The van der Waals surface area contributed by atoms with Crippen molar-refractivity contribution in [2.75, 3.05) is 19.6 Å². The minimum Gasteiger partial charge on any atom is -0.333 e. The maximum absolute atomic E-state index is 12.5. The largest absolute Gasteiger partial charge is 0.341 e. The van der Waals surface area contributed by atoms with Crippen molar-refractivity contribution in [3.63, 3.8) is 0 Å². The highest BCUT2D eigenvalue weighted by molar-refractivity contribution is 5.90. The molecule has 1 aromatic heterocycles. The number of nitrogens with one attached hydrogen (secondary N) is 2. The number of carbonyl (C=O) groups excluding carboxylic acids is 1. The zero-order chi connectivity index (χ0) is 16.9. The summed E-state index contributed by atoms with van der Waals surface area (Å²) in [5.41, 5.74) is 0.834. The lowest BCUT2D eigenvalue weighted by atomic mass is 10.0. The second-order valence-corrected chi connectivity index (χ2v) is 6.18. The lowest BCUT2D eigenvalue weighted by Crippen LogP contribution is -2.54. The number of amides is 1. The third kappa shape index (κ3) is 3.73. The average molecular weight is 329 g/mol. The minimum atomic E-state index is -0.453. The van der Waals surface area contributed by atoms with Crippen LogP contribution in [0.15, 0.2) is 35.1 Å². The number of H-pyrrole nitrogens is 2. The molecule has 2 N–H and O–H groups in total. The van der Waals surface area contributed by atoms with Gasteiger partial charge in [-0.15, -0.1) is 5.10 Å². The molecule has 24 heavy (non-hydrogen) atoms. The predicted octanol–water partition coefficient (Wildman–Crippen LogP) is 1.22. The summed E-state index contributed by atoms with van der Waals surface area (Å²) in [7, 11) is 0. The van der Waals surface area contributed by atoms with Crippen molar-refractivity contribution in [3.8, 4) is 0 Å². The summed E-state index contributed by atoms with van der Waals surface area (Å²) < 4.78 is 0. The van der Waals surface area contributed by atoms with E-state index in [1.54, 1.807) is 4.90 Å². The van der Waals surface area contributed by atoms with Crippen molar-refractivity contribution in [1.29, 1.82) is 0 Å². The molecule has 1 amide bonds. The Labute approximate surface area is 140 Å². The van der Waals surface area contributed by atoms with E-state index in [1.807, 2.05) is 6.07 Å². The zero-order valence-electron chi connectivity index (χ0n) is 13.9. The molecule has 1 atom stereocenters. The van der Waals surface area contributed by atoms with E-state index >= 15 is 0 Å². The Bertz CT molecular complexity index is 724. The quantitative estimate of drug-likeness (QED) is 0.864. The first-order chi connectivity index (χ1) is 11.7. The molecule has 0 aliphatic carbocycles. The van der Waals surface area contributed by atoms with Crippen molar-refractivity contribution >= 4 is 5.91 Å². The number of carbonyl (C=O) groups is 1. The SMILES string of the molecule is CCC[C@H]1CN(C(=O)c2n[nH]c(=O)[nH]2)CCN1Cc1ccccc1. The van der Waals surface area contributed by atoms with Gasteiger partial charge in [-0.2, -0.15) is 0 Å². The van der Waals surface area contributed by atoms with Gasteiger partial charge in [-0.25, -0.2) is 9.89 Å². The smallest absolute Gasteiger partial charge is 0.333 e. The molecule has 1 fully saturated rings. The van der Waals surface area contributed by atoms with Crippen molar-refractivity contribution in [2.45, 2.75) is 32.4 Å². The molecule has 1 aromatic carbocycles. The van der Waals surface area contributed by atoms with Gasteiger partial charge in [0.15, 0.2) is 0 Å². The van der Waals surface area contributed by atoms with Gasteiger partial charge in [0, 0.05) is 32.2 Å². The van der Waals surface area contributed by atoms with Gasteiger partial charge in [0.2, 0.25) is 5.82 Å². The first-order valence-corrected chi connectivity index (χ1v) is 8.39. The minimum absolute atomic E-state index is 0.0896.